The smallest absolute Gasteiger partial charge is 0.248 e. The first-order chi connectivity index (χ1) is 13.4. The maximum atomic E-state index is 12.2. The van der Waals surface area contributed by atoms with Gasteiger partial charge in [0, 0.05) is 23.9 Å². The number of tetrazole rings is 1. The van der Waals surface area contributed by atoms with Gasteiger partial charge in [0.2, 0.25) is 17.6 Å². The molecule has 2 N–H and O–H groups in total. The van der Waals surface area contributed by atoms with Gasteiger partial charge < -0.3 is 10.6 Å². The topological polar surface area (TPSA) is 102 Å². The van der Waals surface area contributed by atoms with Gasteiger partial charge in [-0.2, -0.15) is 4.80 Å². The number of anilines is 2. The van der Waals surface area contributed by atoms with Gasteiger partial charge in [-0.3, -0.25) is 9.59 Å². The number of rotatable bonds is 6. The summed E-state index contributed by atoms with van der Waals surface area (Å²) in [5.41, 5.74) is 3.37. The van der Waals surface area contributed by atoms with Gasteiger partial charge in [-0.15, -0.1) is 10.2 Å². The molecule has 0 aliphatic heterocycles. The first-order valence-corrected chi connectivity index (χ1v) is 8.96. The van der Waals surface area contributed by atoms with E-state index in [1.807, 2.05) is 24.3 Å². The van der Waals surface area contributed by atoms with Crippen molar-refractivity contribution in [1.82, 2.24) is 20.2 Å². The van der Waals surface area contributed by atoms with Crippen LogP contribution >= 0.6 is 0 Å². The van der Waals surface area contributed by atoms with Crippen LogP contribution in [-0.2, 0) is 16.1 Å². The monoisotopic (exact) mass is 378 g/mol. The molecule has 3 aromatic rings. The van der Waals surface area contributed by atoms with Crippen molar-refractivity contribution in [1.29, 1.82) is 0 Å². The molecule has 0 saturated heterocycles. The van der Waals surface area contributed by atoms with E-state index >= 15 is 0 Å². The third-order valence-corrected chi connectivity index (χ3v) is 4.06. The van der Waals surface area contributed by atoms with E-state index in [1.165, 1.54) is 17.3 Å². The quantitative estimate of drug-likeness (QED) is 0.686. The fourth-order valence-electron chi connectivity index (χ4n) is 2.61. The van der Waals surface area contributed by atoms with Gasteiger partial charge >= 0.3 is 0 Å². The Kier molecular flexibility index (Phi) is 5.78. The van der Waals surface area contributed by atoms with Crippen LogP contribution in [0.1, 0.15) is 32.3 Å². The van der Waals surface area contributed by atoms with E-state index in [-0.39, 0.29) is 18.4 Å². The highest BCUT2D eigenvalue weighted by molar-refractivity contribution is 5.92. The molecular formula is C20H22N6O2. The summed E-state index contributed by atoms with van der Waals surface area (Å²) in [6.45, 7) is 5.66. The average Bonchev–Trinajstić information content (AvgIpc) is 3.11. The number of hydrogen-bond donors (Lipinski definition) is 2. The van der Waals surface area contributed by atoms with Gasteiger partial charge in [0.1, 0.15) is 6.54 Å². The molecule has 3 rings (SSSR count). The lowest BCUT2D eigenvalue weighted by molar-refractivity contribution is -0.117. The fourth-order valence-corrected chi connectivity index (χ4v) is 2.61. The molecule has 0 aliphatic rings. The van der Waals surface area contributed by atoms with Crippen LogP contribution in [0.4, 0.5) is 11.4 Å². The minimum Gasteiger partial charge on any atom is -0.326 e. The Morgan fingerprint density at radius 3 is 2.14 bits per heavy atom. The largest absolute Gasteiger partial charge is 0.326 e. The number of aromatic nitrogens is 4. The van der Waals surface area contributed by atoms with Crippen LogP contribution in [0.15, 0.2) is 48.5 Å². The number of nitrogens with one attached hydrogen (secondary N) is 2. The molecule has 0 unspecified atom stereocenters. The molecule has 0 radical (unpaired) electrons. The number of nitrogens with zero attached hydrogens (tertiary/aromatic N) is 4. The second-order valence-electron chi connectivity index (χ2n) is 6.73. The Labute approximate surface area is 163 Å². The van der Waals surface area contributed by atoms with Crippen molar-refractivity contribution in [2.24, 2.45) is 0 Å². The normalized spacial score (nSPS) is 10.7. The number of hydrogen-bond acceptors (Lipinski definition) is 5. The van der Waals surface area contributed by atoms with Crippen LogP contribution in [-0.4, -0.2) is 32.0 Å². The summed E-state index contributed by atoms with van der Waals surface area (Å²) in [6, 6.07) is 14.8. The highest BCUT2D eigenvalue weighted by Gasteiger charge is 2.10. The number of benzene rings is 2. The molecule has 1 aromatic heterocycles. The van der Waals surface area contributed by atoms with E-state index in [9.17, 15) is 9.59 Å². The van der Waals surface area contributed by atoms with Gasteiger partial charge in [-0.1, -0.05) is 38.1 Å². The number of carbonyl (C=O) groups excluding carboxylic acids is 2. The zero-order valence-electron chi connectivity index (χ0n) is 16.0. The van der Waals surface area contributed by atoms with Crippen molar-refractivity contribution < 1.29 is 9.59 Å². The Bertz CT molecular complexity index is 961. The fraction of sp³-hybridized carbons (Fsp3) is 0.250. The number of carbonyl (C=O) groups is 2. The van der Waals surface area contributed by atoms with E-state index < -0.39 is 0 Å². The standard InChI is InChI=1S/C20H22N6O2/c1-13(2)15-4-6-16(7-5-15)20-23-25-26(24-20)12-19(28)22-18-10-8-17(9-11-18)21-14(3)27/h4-11,13H,12H2,1-3H3,(H,21,27)(H,22,28). The van der Waals surface area contributed by atoms with Crippen molar-refractivity contribution in [2.75, 3.05) is 10.6 Å². The van der Waals surface area contributed by atoms with Crippen molar-refractivity contribution >= 4 is 23.2 Å². The Hall–Kier alpha value is -3.55. The molecule has 144 valence electrons. The highest BCUT2D eigenvalue weighted by Crippen LogP contribution is 2.19. The molecule has 0 spiro atoms. The number of amides is 2. The maximum Gasteiger partial charge on any atom is 0.248 e. The van der Waals surface area contributed by atoms with Crippen LogP contribution in [0.3, 0.4) is 0 Å². The SMILES string of the molecule is CC(=O)Nc1ccc(NC(=O)Cn2nnc(-c3ccc(C(C)C)cc3)n2)cc1. The maximum absolute atomic E-state index is 12.2. The second kappa shape index (κ2) is 8.43. The minimum atomic E-state index is -0.272. The summed E-state index contributed by atoms with van der Waals surface area (Å²) in [4.78, 5) is 24.5. The highest BCUT2D eigenvalue weighted by atomic mass is 16.2. The predicted octanol–water partition coefficient (Wildman–Crippen LogP) is 3.06. The lowest BCUT2D eigenvalue weighted by Crippen LogP contribution is -2.20. The molecule has 0 atom stereocenters. The van der Waals surface area contributed by atoms with Crippen molar-refractivity contribution in [3.63, 3.8) is 0 Å². The zero-order valence-corrected chi connectivity index (χ0v) is 16.0. The van der Waals surface area contributed by atoms with E-state index in [0.29, 0.717) is 23.1 Å². The summed E-state index contributed by atoms with van der Waals surface area (Å²) in [6.07, 6.45) is 0. The van der Waals surface area contributed by atoms with E-state index in [4.69, 9.17) is 0 Å². The third-order valence-electron chi connectivity index (χ3n) is 4.06. The van der Waals surface area contributed by atoms with Crippen LogP contribution in [0, 0.1) is 0 Å². The molecule has 1 heterocycles. The first kappa shape index (κ1) is 19.2. The molecule has 2 aromatic carbocycles. The summed E-state index contributed by atoms with van der Waals surface area (Å²) in [5, 5.41) is 17.7. The van der Waals surface area contributed by atoms with Gasteiger partial charge in [0.05, 0.1) is 0 Å². The Morgan fingerprint density at radius 2 is 1.57 bits per heavy atom. The molecule has 28 heavy (non-hydrogen) atoms. The van der Waals surface area contributed by atoms with E-state index in [1.54, 1.807) is 24.3 Å². The van der Waals surface area contributed by atoms with Gasteiger partial charge in [0.15, 0.2) is 0 Å². The van der Waals surface area contributed by atoms with Gasteiger partial charge in [0.25, 0.3) is 0 Å². The summed E-state index contributed by atoms with van der Waals surface area (Å²) in [5.74, 6) is 0.506. The summed E-state index contributed by atoms with van der Waals surface area (Å²) in [7, 11) is 0. The molecule has 0 saturated carbocycles. The molecule has 0 bridgehead atoms. The lowest BCUT2D eigenvalue weighted by atomic mass is 10.0. The molecule has 0 fully saturated rings. The van der Waals surface area contributed by atoms with Gasteiger partial charge in [-0.25, -0.2) is 0 Å². The van der Waals surface area contributed by atoms with Crippen LogP contribution < -0.4 is 10.6 Å². The van der Waals surface area contributed by atoms with E-state index in [0.717, 1.165) is 5.56 Å². The molecule has 8 nitrogen and oxygen atoms in total. The van der Waals surface area contributed by atoms with Crippen LogP contribution in [0.5, 0.6) is 0 Å². The molecule has 8 heteroatoms. The van der Waals surface area contributed by atoms with Crippen molar-refractivity contribution in [2.45, 2.75) is 33.2 Å². The first-order valence-electron chi connectivity index (χ1n) is 8.96. The second-order valence-corrected chi connectivity index (χ2v) is 6.73. The van der Waals surface area contributed by atoms with Crippen LogP contribution in [0.2, 0.25) is 0 Å². The van der Waals surface area contributed by atoms with Gasteiger partial charge in [-0.05, 0) is 41.0 Å². The lowest BCUT2D eigenvalue weighted by Gasteiger charge is -2.06. The third kappa shape index (κ3) is 5.00. The Balaban J connectivity index is 1.60. The Morgan fingerprint density at radius 1 is 0.964 bits per heavy atom. The molecule has 2 amide bonds. The van der Waals surface area contributed by atoms with Crippen molar-refractivity contribution in [3.05, 3.63) is 54.1 Å². The van der Waals surface area contributed by atoms with Crippen LogP contribution in [0.25, 0.3) is 11.4 Å². The van der Waals surface area contributed by atoms with Crippen molar-refractivity contribution in [3.8, 4) is 11.4 Å². The van der Waals surface area contributed by atoms with E-state index in [2.05, 4.69) is 39.9 Å². The summed E-state index contributed by atoms with van der Waals surface area (Å²) >= 11 is 0. The molecular weight excluding hydrogens is 356 g/mol. The zero-order chi connectivity index (χ0) is 20.1. The predicted molar refractivity (Wildman–Crippen MR) is 107 cm³/mol. The summed E-state index contributed by atoms with van der Waals surface area (Å²) < 4.78 is 0. The minimum absolute atomic E-state index is 0.0511. The molecule has 0 aliphatic carbocycles. The average molecular weight is 378 g/mol.